The summed E-state index contributed by atoms with van der Waals surface area (Å²) in [5.41, 5.74) is 7.78. The summed E-state index contributed by atoms with van der Waals surface area (Å²) >= 11 is 6.08. The number of aromatic amines is 1. The third-order valence-corrected chi connectivity index (χ3v) is 2.47. The largest absolute Gasteiger partial charge is 0.361 e. The number of H-pyrrole nitrogens is 1. The van der Waals surface area contributed by atoms with Crippen LogP contribution in [-0.4, -0.2) is 11.5 Å². The number of halogens is 2. The summed E-state index contributed by atoms with van der Waals surface area (Å²) in [4.78, 5) is 3.17. The lowest BCUT2D eigenvalue weighted by Crippen LogP contribution is -2.01. The number of nitrogens with two attached hydrogens (primary N) is 1. The highest BCUT2D eigenvalue weighted by Gasteiger charge is 2.05. The van der Waals surface area contributed by atoms with Crippen LogP contribution in [0.2, 0.25) is 5.02 Å². The van der Waals surface area contributed by atoms with Gasteiger partial charge in [0.15, 0.2) is 0 Å². The number of hydrogen-bond donors (Lipinski definition) is 2. The molecule has 0 unspecified atom stereocenters. The van der Waals surface area contributed by atoms with Crippen molar-refractivity contribution in [2.75, 3.05) is 6.54 Å². The van der Waals surface area contributed by atoms with E-state index in [1.165, 1.54) is 5.56 Å². The molecule has 4 heteroatoms. The maximum Gasteiger partial charge on any atom is 0.0502 e. The molecule has 0 aliphatic rings. The lowest BCUT2D eigenvalue weighted by atomic mass is 10.1. The first kappa shape index (κ1) is 11.4. The van der Waals surface area contributed by atoms with Gasteiger partial charge in [0.05, 0.1) is 5.02 Å². The number of benzene rings is 1. The Balaban J connectivity index is 0.000000980. The van der Waals surface area contributed by atoms with Gasteiger partial charge in [-0.15, -0.1) is 12.4 Å². The molecule has 3 N–H and O–H groups in total. The predicted molar refractivity (Wildman–Crippen MR) is 63.3 cm³/mol. The fraction of sp³-hybridized carbons (Fsp3) is 0.200. The second-order valence-electron chi connectivity index (χ2n) is 3.01. The Morgan fingerprint density at radius 2 is 2.14 bits per heavy atom. The fourth-order valence-corrected chi connectivity index (χ4v) is 1.86. The molecule has 0 atom stereocenters. The van der Waals surface area contributed by atoms with Gasteiger partial charge in [0, 0.05) is 17.1 Å². The van der Waals surface area contributed by atoms with E-state index in [0.29, 0.717) is 6.54 Å². The van der Waals surface area contributed by atoms with Crippen LogP contribution in [0.15, 0.2) is 24.4 Å². The van der Waals surface area contributed by atoms with Crippen LogP contribution in [0, 0.1) is 0 Å². The van der Waals surface area contributed by atoms with E-state index >= 15 is 0 Å². The molecule has 0 bridgehead atoms. The Morgan fingerprint density at radius 3 is 2.86 bits per heavy atom. The molecule has 0 aliphatic carbocycles. The van der Waals surface area contributed by atoms with Crippen molar-refractivity contribution in [3.8, 4) is 0 Å². The molecule has 14 heavy (non-hydrogen) atoms. The van der Waals surface area contributed by atoms with Crippen molar-refractivity contribution in [1.29, 1.82) is 0 Å². The molecule has 2 aromatic rings. The predicted octanol–water partition coefficient (Wildman–Crippen LogP) is 2.74. The molecule has 2 nitrogen and oxygen atoms in total. The topological polar surface area (TPSA) is 41.8 Å². The van der Waals surface area contributed by atoms with Gasteiger partial charge in [-0.05, 0) is 30.7 Å². The third-order valence-electron chi connectivity index (χ3n) is 2.15. The first-order valence-electron chi connectivity index (χ1n) is 4.27. The van der Waals surface area contributed by atoms with Crippen molar-refractivity contribution in [3.63, 3.8) is 0 Å². The Hall–Kier alpha value is -0.700. The van der Waals surface area contributed by atoms with Crippen LogP contribution in [0.25, 0.3) is 10.9 Å². The zero-order valence-corrected chi connectivity index (χ0v) is 9.16. The Kier molecular flexibility index (Phi) is 3.81. The maximum atomic E-state index is 6.08. The minimum absolute atomic E-state index is 0. The molecule has 0 radical (unpaired) electrons. The van der Waals surface area contributed by atoms with E-state index in [2.05, 4.69) is 4.98 Å². The van der Waals surface area contributed by atoms with E-state index in [1.807, 2.05) is 24.4 Å². The third kappa shape index (κ3) is 1.87. The summed E-state index contributed by atoms with van der Waals surface area (Å²) in [6.07, 6.45) is 2.84. The summed E-state index contributed by atoms with van der Waals surface area (Å²) in [5, 5.41) is 1.90. The quantitative estimate of drug-likeness (QED) is 0.819. The maximum absolute atomic E-state index is 6.08. The second-order valence-corrected chi connectivity index (χ2v) is 3.42. The average molecular weight is 231 g/mol. The number of fused-ring (bicyclic) bond motifs is 1. The molecule has 0 amide bonds. The van der Waals surface area contributed by atoms with Gasteiger partial charge < -0.3 is 10.7 Å². The standard InChI is InChI=1S/C10H11ClN2.ClH/c11-8-2-1-3-9-10(8)7(4-5-12)6-13-9;/h1-3,6,13H,4-5,12H2;1H. The van der Waals surface area contributed by atoms with Crippen LogP contribution >= 0.6 is 24.0 Å². The fourth-order valence-electron chi connectivity index (χ4n) is 1.56. The summed E-state index contributed by atoms with van der Waals surface area (Å²) in [5.74, 6) is 0. The molecule has 0 saturated carbocycles. The van der Waals surface area contributed by atoms with Crippen LogP contribution in [0.1, 0.15) is 5.56 Å². The van der Waals surface area contributed by atoms with Gasteiger partial charge in [-0.2, -0.15) is 0 Å². The van der Waals surface area contributed by atoms with Gasteiger partial charge in [-0.1, -0.05) is 17.7 Å². The van der Waals surface area contributed by atoms with E-state index in [9.17, 15) is 0 Å². The molecule has 1 aromatic carbocycles. The lowest BCUT2D eigenvalue weighted by molar-refractivity contribution is 0.976. The SMILES string of the molecule is Cl.NCCc1c[nH]c2cccc(Cl)c12. The summed E-state index contributed by atoms with van der Waals surface area (Å²) in [6.45, 7) is 0.651. The molecule has 0 saturated heterocycles. The monoisotopic (exact) mass is 230 g/mol. The second kappa shape index (κ2) is 4.69. The van der Waals surface area contributed by atoms with Gasteiger partial charge in [0.2, 0.25) is 0 Å². The van der Waals surface area contributed by atoms with Gasteiger partial charge in [-0.25, -0.2) is 0 Å². The number of nitrogens with one attached hydrogen (secondary N) is 1. The van der Waals surface area contributed by atoms with Crippen molar-refractivity contribution in [2.24, 2.45) is 5.73 Å². The Morgan fingerprint density at radius 1 is 1.36 bits per heavy atom. The summed E-state index contributed by atoms with van der Waals surface area (Å²) < 4.78 is 0. The van der Waals surface area contributed by atoms with Crippen LogP contribution in [0.5, 0.6) is 0 Å². The van der Waals surface area contributed by atoms with Crippen LogP contribution in [0.3, 0.4) is 0 Å². The van der Waals surface area contributed by atoms with E-state index < -0.39 is 0 Å². The van der Waals surface area contributed by atoms with Crippen molar-refractivity contribution < 1.29 is 0 Å². The van der Waals surface area contributed by atoms with Gasteiger partial charge >= 0.3 is 0 Å². The van der Waals surface area contributed by atoms with E-state index in [1.54, 1.807) is 0 Å². The van der Waals surface area contributed by atoms with E-state index in [-0.39, 0.29) is 12.4 Å². The van der Waals surface area contributed by atoms with E-state index in [4.69, 9.17) is 17.3 Å². The van der Waals surface area contributed by atoms with Crippen molar-refractivity contribution >= 4 is 34.9 Å². The number of aromatic nitrogens is 1. The first-order chi connectivity index (χ1) is 6.33. The summed E-state index contributed by atoms with van der Waals surface area (Å²) in [7, 11) is 0. The molecule has 0 fully saturated rings. The molecular weight excluding hydrogens is 219 g/mol. The molecule has 0 spiro atoms. The number of hydrogen-bond acceptors (Lipinski definition) is 1. The van der Waals surface area contributed by atoms with Crippen LogP contribution in [-0.2, 0) is 6.42 Å². The van der Waals surface area contributed by atoms with Gasteiger partial charge in [0.25, 0.3) is 0 Å². The Labute approximate surface area is 93.8 Å². The molecule has 76 valence electrons. The molecule has 0 aliphatic heterocycles. The number of rotatable bonds is 2. The zero-order chi connectivity index (χ0) is 9.26. The summed E-state index contributed by atoms with van der Waals surface area (Å²) in [6, 6.07) is 5.85. The molecule has 1 aromatic heterocycles. The highest BCUT2D eigenvalue weighted by Crippen LogP contribution is 2.26. The van der Waals surface area contributed by atoms with Crippen LogP contribution < -0.4 is 5.73 Å². The first-order valence-corrected chi connectivity index (χ1v) is 4.65. The molecule has 1 heterocycles. The average Bonchev–Trinajstić information content (AvgIpc) is 2.51. The van der Waals surface area contributed by atoms with Crippen molar-refractivity contribution in [1.82, 2.24) is 4.98 Å². The smallest absolute Gasteiger partial charge is 0.0502 e. The lowest BCUT2D eigenvalue weighted by Gasteiger charge is -1.97. The normalized spacial score (nSPS) is 10.1. The van der Waals surface area contributed by atoms with Crippen molar-refractivity contribution in [2.45, 2.75) is 6.42 Å². The zero-order valence-electron chi connectivity index (χ0n) is 7.59. The van der Waals surface area contributed by atoms with Gasteiger partial charge in [0.1, 0.15) is 0 Å². The van der Waals surface area contributed by atoms with Gasteiger partial charge in [-0.3, -0.25) is 0 Å². The highest BCUT2D eigenvalue weighted by molar-refractivity contribution is 6.35. The Bertz CT molecular complexity index is 423. The van der Waals surface area contributed by atoms with E-state index in [0.717, 1.165) is 22.3 Å². The minimum atomic E-state index is 0. The molecular formula is C10H12Cl2N2. The van der Waals surface area contributed by atoms with Crippen molar-refractivity contribution in [3.05, 3.63) is 35.0 Å². The molecule has 2 rings (SSSR count). The van der Waals surface area contributed by atoms with Crippen LogP contribution in [0.4, 0.5) is 0 Å². The minimum Gasteiger partial charge on any atom is -0.361 e. The highest BCUT2D eigenvalue weighted by atomic mass is 35.5.